The first-order valence-electron chi connectivity index (χ1n) is 6.85. The van der Waals surface area contributed by atoms with Crippen molar-refractivity contribution in [3.05, 3.63) is 0 Å². The Morgan fingerprint density at radius 3 is 3.00 bits per heavy atom. The molecule has 0 spiro atoms. The molecule has 2 rings (SSSR count). The molecule has 0 radical (unpaired) electrons. The maximum Gasteiger partial charge on any atom is 0.0588 e. The van der Waals surface area contributed by atoms with E-state index in [9.17, 15) is 0 Å². The molecule has 2 unspecified atom stereocenters. The quantitative estimate of drug-likeness (QED) is 0.719. The van der Waals surface area contributed by atoms with Gasteiger partial charge in [-0.3, -0.25) is 0 Å². The van der Waals surface area contributed by atoms with Crippen LogP contribution in [0.15, 0.2) is 0 Å². The predicted octanol–water partition coefficient (Wildman–Crippen LogP) is 1.49. The van der Waals surface area contributed by atoms with Gasteiger partial charge < -0.3 is 15.0 Å². The fourth-order valence-electron chi connectivity index (χ4n) is 2.88. The van der Waals surface area contributed by atoms with E-state index in [0.29, 0.717) is 6.10 Å². The summed E-state index contributed by atoms with van der Waals surface area (Å²) in [5.74, 6) is 0.864. The lowest BCUT2D eigenvalue weighted by Gasteiger charge is -2.29. The second-order valence-electron chi connectivity index (χ2n) is 5.40. The molecular formula is C13H26N2O. The lowest BCUT2D eigenvalue weighted by Crippen LogP contribution is -2.37. The molecule has 16 heavy (non-hydrogen) atoms. The molecule has 0 aromatic rings. The van der Waals surface area contributed by atoms with Gasteiger partial charge in [0, 0.05) is 13.2 Å². The monoisotopic (exact) mass is 226 g/mol. The number of piperidine rings is 1. The normalized spacial score (nSPS) is 32.1. The van der Waals surface area contributed by atoms with Crippen molar-refractivity contribution in [2.75, 3.05) is 39.8 Å². The molecule has 94 valence electrons. The van der Waals surface area contributed by atoms with Crippen LogP contribution < -0.4 is 5.32 Å². The zero-order valence-electron chi connectivity index (χ0n) is 10.6. The molecule has 0 aromatic carbocycles. The highest BCUT2D eigenvalue weighted by Gasteiger charge is 2.17. The Balaban J connectivity index is 1.50. The number of nitrogens with zero attached hydrogens (tertiary/aromatic N) is 1. The minimum atomic E-state index is 0.543. The van der Waals surface area contributed by atoms with E-state index in [1.165, 1.54) is 51.7 Å². The van der Waals surface area contributed by atoms with Crippen LogP contribution in [0.2, 0.25) is 0 Å². The maximum absolute atomic E-state index is 5.61. The Kier molecular flexibility index (Phi) is 5.07. The molecule has 1 N–H and O–H groups in total. The molecule has 2 aliphatic rings. The van der Waals surface area contributed by atoms with Crippen LogP contribution in [0.5, 0.6) is 0 Å². The lowest BCUT2D eigenvalue weighted by molar-refractivity contribution is 0.103. The van der Waals surface area contributed by atoms with E-state index in [1.807, 2.05) is 0 Å². The van der Waals surface area contributed by atoms with Crippen LogP contribution in [0.4, 0.5) is 0 Å². The van der Waals surface area contributed by atoms with E-state index in [-0.39, 0.29) is 0 Å². The highest BCUT2D eigenvalue weighted by atomic mass is 16.5. The summed E-state index contributed by atoms with van der Waals surface area (Å²) in [5.41, 5.74) is 0. The molecule has 0 aromatic heterocycles. The largest absolute Gasteiger partial charge is 0.378 e. The van der Waals surface area contributed by atoms with Gasteiger partial charge in [0.25, 0.3) is 0 Å². The van der Waals surface area contributed by atoms with E-state index < -0.39 is 0 Å². The van der Waals surface area contributed by atoms with Gasteiger partial charge in [-0.2, -0.15) is 0 Å². The number of rotatable bonds is 5. The summed E-state index contributed by atoms with van der Waals surface area (Å²) in [5, 5.41) is 3.60. The van der Waals surface area contributed by atoms with Crippen LogP contribution in [0.3, 0.4) is 0 Å². The van der Waals surface area contributed by atoms with Gasteiger partial charge in [0.15, 0.2) is 0 Å². The summed E-state index contributed by atoms with van der Waals surface area (Å²) in [6, 6.07) is 0. The van der Waals surface area contributed by atoms with Crippen molar-refractivity contribution >= 4 is 0 Å². The molecule has 2 atom stereocenters. The molecular weight excluding hydrogens is 200 g/mol. The van der Waals surface area contributed by atoms with E-state index >= 15 is 0 Å². The van der Waals surface area contributed by atoms with Crippen LogP contribution >= 0.6 is 0 Å². The second kappa shape index (κ2) is 6.58. The molecule has 0 saturated carbocycles. The Bertz CT molecular complexity index is 192. The summed E-state index contributed by atoms with van der Waals surface area (Å²) in [6.45, 7) is 5.86. The van der Waals surface area contributed by atoms with Crippen molar-refractivity contribution in [3.63, 3.8) is 0 Å². The van der Waals surface area contributed by atoms with Crippen molar-refractivity contribution in [2.24, 2.45) is 5.92 Å². The van der Waals surface area contributed by atoms with Crippen molar-refractivity contribution in [3.8, 4) is 0 Å². The predicted molar refractivity (Wildman–Crippen MR) is 66.7 cm³/mol. The van der Waals surface area contributed by atoms with Crippen molar-refractivity contribution in [1.29, 1.82) is 0 Å². The first kappa shape index (κ1) is 12.3. The fourth-order valence-corrected chi connectivity index (χ4v) is 2.88. The van der Waals surface area contributed by atoms with Crippen LogP contribution in [0.25, 0.3) is 0 Å². The second-order valence-corrected chi connectivity index (χ2v) is 5.40. The molecule has 2 saturated heterocycles. The number of hydrogen-bond donors (Lipinski definition) is 1. The van der Waals surface area contributed by atoms with Crippen molar-refractivity contribution < 1.29 is 4.74 Å². The smallest absolute Gasteiger partial charge is 0.0588 e. The van der Waals surface area contributed by atoms with Crippen LogP contribution in [0, 0.1) is 5.92 Å². The summed E-state index contributed by atoms with van der Waals surface area (Å²) in [4.78, 5) is 2.45. The molecule has 2 heterocycles. The maximum atomic E-state index is 5.61. The third-order valence-corrected chi connectivity index (χ3v) is 3.82. The SMILES string of the molecule is CN1CCCC(CNCCC2CCCO2)C1. The topological polar surface area (TPSA) is 24.5 Å². The van der Waals surface area contributed by atoms with Crippen molar-refractivity contribution in [2.45, 2.75) is 38.2 Å². The highest BCUT2D eigenvalue weighted by molar-refractivity contribution is 4.73. The Morgan fingerprint density at radius 1 is 1.31 bits per heavy atom. The highest BCUT2D eigenvalue weighted by Crippen LogP contribution is 2.15. The molecule has 0 bridgehead atoms. The third kappa shape index (κ3) is 4.04. The fraction of sp³-hybridized carbons (Fsp3) is 1.00. The van der Waals surface area contributed by atoms with E-state index in [0.717, 1.165) is 19.1 Å². The summed E-state index contributed by atoms with van der Waals surface area (Å²) in [7, 11) is 2.23. The molecule has 0 amide bonds. The Labute approximate surface area is 99.5 Å². The van der Waals surface area contributed by atoms with Crippen LogP contribution in [0.1, 0.15) is 32.1 Å². The molecule has 3 heteroatoms. The van der Waals surface area contributed by atoms with Crippen LogP contribution in [-0.4, -0.2) is 50.8 Å². The molecule has 3 nitrogen and oxygen atoms in total. The first-order chi connectivity index (χ1) is 7.84. The Morgan fingerprint density at radius 2 is 2.25 bits per heavy atom. The molecule has 2 fully saturated rings. The summed E-state index contributed by atoms with van der Waals surface area (Å²) < 4.78 is 5.61. The van der Waals surface area contributed by atoms with Gasteiger partial charge in [-0.05, 0) is 64.7 Å². The molecule has 0 aliphatic carbocycles. The minimum Gasteiger partial charge on any atom is -0.378 e. The number of nitrogens with one attached hydrogen (secondary N) is 1. The minimum absolute atomic E-state index is 0.543. The lowest BCUT2D eigenvalue weighted by atomic mass is 9.98. The Hall–Kier alpha value is -0.120. The number of hydrogen-bond acceptors (Lipinski definition) is 3. The van der Waals surface area contributed by atoms with Crippen molar-refractivity contribution in [1.82, 2.24) is 10.2 Å². The standard InChI is InChI=1S/C13H26N2O/c1-15-8-2-4-12(11-15)10-14-7-6-13-5-3-9-16-13/h12-14H,2-11H2,1H3. The van der Waals surface area contributed by atoms with Crippen LogP contribution in [-0.2, 0) is 4.74 Å². The summed E-state index contributed by atoms with van der Waals surface area (Å²) >= 11 is 0. The average molecular weight is 226 g/mol. The number of likely N-dealkylation sites (tertiary alicyclic amines) is 1. The van der Waals surface area contributed by atoms with Gasteiger partial charge >= 0.3 is 0 Å². The van der Waals surface area contributed by atoms with Gasteiger partial charge in [-0.25, -0.2) is 0 Å². The average Bonchev–Trinajstić information content (AvgIpc) is 2.77. The van der Waals surface area contributed by atoms with Gasteiger partial charge in [0.2, 0.25) is 0 Å². The van der Waals surface area contributed by atoms with Gasteiger partial charge in [0.05, 0.1) is 6.10 Å². The third-order valence-electron chi connectivity index (χ3n) is 3.82. The van der Waals surface area contributed by atoms with Gasteiger partial charge in [-0.1, -0.05) is 0 Å². The molecule has 2 aliphatic heterocycles. The van der Waals surface area contributed by atoms with E-state index in [4.69, 9.17) is 4.74 Å². The number of ether oxygens (including phenoxy) is 1. The first-order valence-corrected chi connectivity index (χ1v) is 6.85. The van der Waals surface area contributed by atoms with Gasteiger partial charge in [0.1, 0.15) is 0 Å². The summed E-state index contributed by atoms with van der Waals surface area (Å²) in [6.07, 6.45) is 7.04. The van der Waals surface area contributed by atoms with E-state index in [2.05, 4.69) is 17.3 Å². The zero-order valence-corrected chi connectivity index (χ0v) is 10.6. The van der Waals surface area contributed by atoms with Gasteiger partial charge in [-0.15, -0.1) is 0 Å². The van der Waals surface area contributed by atoms with E-state index in [1.54, 1.807) is 0 Å². The zero-order chi connectivity index (χ0) is 11.2.